The van der Waals surface area contributed by atoms with E-state index in [0.29, 0.717) is 25.2 Å². The molecule has 1 unspecified atom stereocenters. The molecule has 0 aromatic rings. The Morgan fingerprint density at radius 1 is 0.719 bits per heavy atom. The largest absolute Gasteiger partial charge is 0.481 e. The van der Waals surface area contributed by atoms with Crippen LogP contribution in [-0.4, -0.2) is 169 Å². The molecule has 0 amide bonds. The summed E-state index contributed by atoms with van der Waals surface area (Å²) in [7, 11) is 0. The molecule has 366 valence electrons. The molecule has 3 saturated heterocycles. The molecule has 4 saturated carbocycles. The van der Waals surface area contributed by atoms with Crippen LogP contribution in [0.25, 0.3) is 0 Å². The molecule has 64 heavy (non-hydrogen) atoms. The van der Waals surface area contributed by atoms with E-state index >= 15 is 0 Å². The smallest absolute Gasteiger partial charge is 0.310 e. The third kappa shape index (κ3) is 7.40. The van der Waals surface area contributed by atoms with Gasteiger partial charge in [-0.3, -0.25) is 4.79 Å². The lowest BCUT2D eigenvalue weighted by atomic mass is 9.33. The summed E-state index contributed by atoms with van der Waals surface area (Å²) in [6.07, 6.45) is -9.34. The van der Waals surface area contributed by atoms with Crippen molar-refractivity contribution in [2.45, 2.75) is 198 Å². The number of aliphatic carboxylic acids is 1. The summed E-state index contributed by atoms with van der Waals surface area (Å²) in [6.45, 7) is 13.4. The Hall–Kier alpha value is -1.39. The molecule has 3 aliphatic heterocycles. The predicted molar refractivity (Wildman–Crippen MR) is 225 cm³/mol. The monoisotopic (exact) mass is 913 g/mol. The summed E-state index contributed by atoms with van der Waals surface area (Å²) in [4.78, 5) is 13.2. The van der Waals surface area contributed by atoms with Crippen molar-refractivity contribution in [1.29, 1.82) is 0 Å². The number of allylic oxidation sites excluding steroid dienone is 2. The first-order valence-corrected chi connectivity index (χ1v) is 23.7. The van der Waals surface area contributed by atoms with Crippen molar-refractivity contribution in [3.8, 4) is 0 Å². The third-order valence-corrected chi connectivity index (χ3v) is 19.1. The topological polar surface area (TPSA) is 275 Å². The maximum absolute atomic E-state index is 13.2. The molecule has 0 spiro atoms. The lowest BCUT2D eigenvalue weighted by Crippen LogP contribution is -2.67. The Labute approximate surface area is 376 Å². The van der Waals surface area contributed by atoms with Crippen LogP contribution in [0.1, 0.15) is 113 Å². The Balaban J connectivity index is 1.09. The fourth-order valence-electron chi connectivity index (χ4n) is 14.9. The van der Waals surface area contributed by atoms with Gasteiger partial charge in [0.1, 0.15) is 60.5 Å². The Morgan fingerprint density at radius 2 is 1.36 bits per heavy atom. The van der Waals surface area contributed by atoms with Crippen LogP contribution in [0.3, 0.4) is 0 Å². The first kappa shape index (κ1) is 49.0. The highest BCUT2D eigenvalue weighted by Gasteiger charge is 2.70. The molecular weight excluding hydrogens is 836 g/mol. The summed E-state index contributed by atoms with van der Waals surface area (Å²) in [5.41, 5.74) is -2.28. The SMILES string of the molecule is CC1(C)CC[C@]2(C(=O)O)CC[C@]3(C)C(=CC[C@@H]4[C@@]5(C)CC[C@H](O[C@@H]6O[C@H](CO)[C@@H](O)[C@H](O[C@@H]7OC[C@](O)(CO)[C@H]7O)[C@H]6O[C@@H]6O[C@H](CO)[C@@H](O)[C@H](O)[C@H]6O)C(C)(C)C5CC[C@]43C)[C@@H]2C1. The van der Waals surface area contributed by atoms with Gasteiger partial charge in [-0.05, 0) is 109 Å². The zero-order chi connectivity index (χ0) is 46.7. The number of aliphatic hydroxyl groups excluding tert-OH is 8. The first-order valence-electron chi connectivity index (χ1n) is 23.7. The highest BCUT2D eigenvalue weighted by atomic mass is 16.8. The van der Waals surface area contributed by atoms with Gasteiger partial charge < -0.3 is 79.5 Å². The fourth-order valence-corrected chi connectivity index (χ4v) is 14.9. The van der Waals surface area contributed by atoms with Crippen LogP contribution in [0.4, 0.5) is 0 Å². The maximum atomic E-state index is 13.2. The van der Waals surface area contributed by atoms with Crippen molar-refractivity contribution < 1.29 is 84.3 Å². The van der Waals surface area contributed by atoms with Crippen LogP contribution in [0.15, 0.2) is 11.6 Å². The molecule has 17 heteroatoms. The van der Waals surface area contributed by atoms with E-state index in [9.17, 15) is 55.9 Å². The number of carboxylic acids is 1. The Morgan fingerprint density at radius 3 is 2.00 bits per heavy atom. The lowest BCUT2D eigenvalue weighted by Gasteiger charge is -2.71. The second-order valence-electron chi connectivity index (χ2n) is 23.2. The quantitative estimate of drug-likeness (QED) is 0.109. The molecule has 10 N–H and O–H groups in total. The number of hydrogen-bond acceptors (Lipinski definition) is 16. The van der Waals surface area contributed by atoms with Gasteiger partial charge in [0.25, 0.3) is 0 Å². The second-order valence-corrected chi connectivity index (χ2v) is 23.2. The lowest BCUT2D eigenvalue weighted by molar-refractivity contribution is -0.389. The van der Waals surface area contributed by atoms with Crippen LogP contribution in [-0.2, 0) is 33.2 Å². The van der Waals surface area contributed by atoms with Gasteiger partial charge in [-0.25, -0.2) is 0 Å². The summed E-state index contributed by atoms with van der Waals surface area (Å²) in [5.74, 6) is -0.193. The molecule has 3 heterocycles. The standard InChI is InChI=1S/C47H76O17/c1-41(2)14-16-46(40(56)57)17-15-44(6)23(24(46)18-41)8-9-28-43(5)12-11-29(42(3,4)27(43)10-13-45(28,44)7)62-38-35(64-37-33(54)32(53)30(51)25(19-48)60-37)34(31(52)26(20-49)61-38)63-39-36(55)47(58,21-50)22-59-39/h8,24-39,48-55,58H,9-22H2,1-7H3,(H,56,57)/t24-,25+,26+,27?,28+,29-,30+,31+,32-,33+,34-,35+,36-,37-,38-,39-,43-,44+,45+,46-,47+/m0/s1. The highest BCUT2D eigenvalue weighted by molar-refractivity contribution is 5.76. The average molecular weight is 913 g/mol. The number of fused-ring (bicyclic) bond motifs is 7. The van der Waals surface area contributed by atoms with E-state index < -0.39 is 129 Å². The van der Waals surface area contributed by atoms with Gasteiger partial charge in [-0.2, -0.15) is 0 Å². The molecule has 17 nitrogen and oxygen atoms in total. The van der Waals surface area contributed by atoms with Crippen molar-refractivity contribution >= 4 is 5.97 Å². The van der Waals surface area contributed by atoms with Gasteiger partial charge >= 0.3 is 5.97 Å². The van der Waals surface area contributed by atoms with Crippen LogP contribution in [0.2, 0.25) is 0 Å². The van der Waals surface area contributed by atoms with Crippen molar-refractivity contribution in [1.82, 2.24) is 0 Å². The van der Waals surface area contributed by atoms with E-state index in [0.717, 1.165) is 44.9 Å². The Bertz CT molecular complexity index is 1760. The molecule has 0 bridgehead atoms. The minimum absolute atomic E-state index is 0.00319. The summed E-state index contributed by atoms with van der Waals surface area (Å²) < 4.78 is 36.9. The molecule has 0 aromatic heterocycles. The molecule has 8 rings (SSSR count). The predicted octanol–water partition coefficient (Wildman–Crippen LogP) is 1.35. The van der Waals surface area contributed by atoms with Gasteiger partial charge in [-0.1, -0.05) is 60.1 Å². The van der Waals surface area contributed by atoms with E-state index in [1.165, 1.54) is 5.57 Å². The molecule has 5 aliphatic carbocycles. The molecule has 8 aliphatic rings. The number of aliphatic hydroxyl groups is 9. The molecule has 0 aromatic carbocycles. The van der Waals surface area contributed by atoms with E-state index in [1.54, 1.807) is 0 Å². The Kier molecular flexibility index (Phi) is 13.0. The van der Waals surface area contributed by atoms with Gasteiger partial charge in [0, 0.05) is 0 Å². The number of rotatable bonds is 10. The average Bonchev–Trinajstić information content (AvgIpc) is 3.52. The van der Waals surface area contributed by atoms with E-state index in [2.05, 4.69) is 54.5 Å². The van der Waals surface area contributed by atoms with Crippen molar-refractivity contribution in [3.63, 3.8) is 0 Å². The van der Waals surface area contributed by atoms with Crippen molar-refractivity contribution in [2.24, 2.45) is 50.2 Å². The number of hydrogen-bond donors (Lipinski definition) is 10. The minimum atomic E-state index is -2.09. The summed E-state index contributed by atoms with van der Waals surface area (Å²) in [6, 6.07) is 0. The van der Waals surface area contributed by atoms with Crippen molar-refractivity contribution in [3.05, 3.63) is 11.6 Å². The molecular formula is C47H76O17. The van der Waals surface area contributed by atoms with E-state index in [-0.39, 0.29) is 33.5 Å². The minimum Gasteiger partial charge on any atom is -0.481 e. The summed E-state index contributed by atoms with van der Waals surface area (Å²) in [5, 5.41) is 107. The van der Waals surface area contributed by atoms with E-state index in [1.807, 2.05) is 0 Å². The molecule has 21 atom stereocenters. The van der Waals surface area contributed by atoms with Crippen LogP contribution in [0.5, 0.6) is 0 Å². The van der Waals surface area contributed by atoms with Crippen molar-refractivity contribution in [2.75, 3.05) is 26.4 Å². The molecule has 7 fully saturated rings. The first-order chi connectivity index (χ1) is 29.9. The van der Waals surface area contributed by atoms with Gasteiger partial charge in [0.2, 0.25) is 0 Å². The number of carboxylic acid groups (broad SMARTS) is 1. The van der Waals surface area contributed by atoms with Gasteiger partial charge in [0.05, 0.1) is 37.9 Å². The zero-order valence-corrected chi connectivity index (χ0v) is 38.5. The van der Waals surface area contributed by atoms with Gasteiger partial charge in [-0.15, -0.1) is 0 Å². The van der Waals surface area contributed by atoms with Crippen LogP contribution >= 0.6 is 0 Å². The zero-order valence-electron chi connectivity index (χ0n) is 38.5. The van der Waals surface area contributed by atoms with Crippen LogP contribution in [0, 0.1) is 50.2 Å². The number of carbonyl (C=O) groups is 1. The maximum Gasteiger partial charge on any atom is 0.310 e. The highest BCUT2D eigenvalue weighted by Crippen LogP contribution is 2.76. The second kappa shape index (κ2) is 16.9. The van der Waals surface area contributed by atoms with E-state index in [4.69, 9.17) is 28.4 Å². The normalized spacial score (nSPS) is 53.3. The van der Waals surface area contributed by atoms with Crippen LogP contribution < -0.4 is 0 Å². The summed E-state index contributed by atoms with van der Waals surface area (Å²) >= 11 is 0. The van der Waals surface area contributed by atoms with Gasteiger partial charge in [0.15, 0.2) is 18.9 Å². The molecule has 0 radical (unpaired) electrons. The number of ether oxygens (including phenoxy) is 6. The third-order valence-electron chi connectivity index (χ3n) is 19.1. The fraction of sp³-hybridized carbons (Fsp3) is 0.936.